The van der Waals surface area contributed by atoms with Crippen LogP contribution in [0.4, 0.5) is 0 Å². The van der Waals surface area contributed by atoms with Crippen molar-refractivity contribution in [3.05, 3.63) is 0 Å². The van der Waals surface area contributed by atoms with E-state index in [0.29, 0.717) is 0 Å². The van der Waals surface area contributed by atoms with Gasteiger partial charge in [0.15, 0.2) is 0 Å². The van der Waals surface area contributed by atoms with E-state index in [1.54, 1.807) is 0 Å². The third kappa shape index (κ3) is 2.45. The molecule has 0 bridgehead atoms. The minimum absolute atomic E-state index is 0.0839. The lowest BCUT2D eigenvalue weighted by Crippen LogP contribution is -2.29. The monoisotopic (exact) mass is 190 g/mol. The molecule has 0 rings (SSSR count). The third-order valence-corrected chi connectivity index (χ3v) is 2.84. The van der Waals surface area contributed by atoms with Gasteiger partial charge < -0.3 is 4.52 Å². The maximum atomic E-state index is 11.4. The van der Waals surface area contributed by atoms with E-state index in [-0.39, 0.29) is 11.4 Å². The van der Waals surface area contributed by atoms with Gasteiger partial charge in [-0.1, -0.05) is 27.2 Å². The highest BCUT2D eigenvalue weighted by atomic mass is 31.0. The minimum atomic E-state index is -0.240. The molecule has 12 heavy (non-hydrogen) atoms. The minimum Gasteiger partial charge on any atom is -0.451 e. The van der Waals surface area contributed by atoms with Crippen molar-refractivity contribution in [2.45, 2.75) is 46.5 Å². The predicted octanol–water partition coefficient (Wildman–Crippen LogP) is 2.93. The Morgan fingerprint density at radius 1 is 1.33 bits per heavy atom. The Hall–Kier alpha value is -0.100. The van der Waals surface area contributed by atoms with Gasteiger partial charge in [0.2, 0.25) is 0 Å². The Bertz CT molecular complexity index is 141. The molecule has 0 fully saturated rings. The van der Waals surface area contributed by atoms with Gasteiger partial charge in [0.05, 0.1) is 14.9 Å². The molecule has 1 unspecified atom stereocenters. The molecule has 0 heterocycles. The predicted molar refractivity (Wildman–Crippen MR) is 53.7 cm³/mol. The van der Waals surface area contributed by atoms with Gasteiger partial charge in [0.25, 0.3) is 0 Å². The van der Waals surface area contributed by atoms with Gasteiger partial charge in [0, 0.05) is 0 Å². The molecule has 0 amide bonds. The number of rotatable bonds is 5. The van der Waals surface area contributed by atoms with Crippen LogP contribution in [0.15, 0.2) is 0 Å². The fraction of sp³-hybridized carbons (Fsp3) is 0.889. The van der Waals surface area contributed by atoms with Crippen LogP contribution in [0, 0.1) is 5.41 Å². The first-order chi connectivity index (χ1) is 5.66. The Kier molecular flexibility index (Phi) is 5.48. The Morgan fingerprint density at radius 2 is 1.83 bits per heavy atom. The van der Waals surface area contributed by atoms with Crippen molar-refractivity contribution in [1.29, 1.82) is 0 Å². The van der Waals surface area contributed by atoms with Crippen molar-refractivity contribution in [2.75, 3.05) is 0 Å². The van der Waals surface area contributed by atoms with Gasteiger partial charge >= 0.3 is 5.97 Å². The van der Waals surface area contributed by atoms with E-state index >= 15 is 0 Å². The zero-order chi connectivity index (χ0) is 9.61. The average molecular weight is 190 g/mol. The highest BCUT2D eigenvalue weighted by Gasteiger charge is 2.34. The Labute approximate surface area is 77.4 Å². The van der Waals surface area contributed by atoms with Gasteiger partial charge in [-0.2, -0.15) is 0 Å². The summed E-state index contributed by atoms with van der Waals surface area (Å²) >= 11 is 0. The lowest BCUT2D eigenvalue weighted by atomic mass is 9.78. The van der Waals surface area contributed by atoms with Crippen LogP contribution in [0.3, 0.4) is 0 Å². The van der Waals surface area contributed by atoms with Crippen molar-refractivity contribution in [3.63, 3.8) is 0 Å². The summed E-state index contributed by atoms with van der Waals surface area (Å²) in [7, 11) is 2.04. The standard InChI is InChI=1S/C9H19O2P/c1-4-7-9(5-2,6-3)8(10)11-12/h4-7,12H2,1-3H3. The van der Waals surface area contributed by atoms with E-state index in [1.807, 2.05) is 23.3 Å². The number of carbonyl (C=O) groups is 1. The highest BCUT2D eigenvalue weighted by Crippen LogP contribution is 2.33. The summed E-state index contributed by atoms with van der Waals surface area (Å²) in [5.41, 5.74) is -0.240. The van der Waals surface area contributed by atoms with E-state index in [2.05, 4.69) is 6.92 Å². The molecule has 2 nitrogen and oxygen atoms in total. The second kappa shape index (κ2) is 5.53. The van der Waals surface area contributed by atoms with E-state index < -0.39 is 0 Å². The summed E-state index contributed by atoms with van der Waals surface area (Å²) in [6.45, 7) is 6.18. The maximum absolute atomic E-state index is 11.4. The quantitative estimate of drug-likeness (QED) is 0.623. The van der Waals surface area contributed by atoms with Gasteiger partial charge in [-0.15, -0.1) is 0 Å². The second-order valence-electron chi connectivity index (χ2n) is 3.14. The molecule has 0 saturated carbocycles. The number of carbonyl (C=O) groups excluding carboxylic acids is 1. The van der Waals surface area contributed by atoms with Gasteiger partial charge in [0.1, 0.15) is 0 Å². The van der Waals surface area contributed by atoms with Crippen LogP contribution >= 0.6 is 9.47 Å². The molecule has 0 aliphatic heterocycles. The fourth-order valence-corrected chi connectivity index (χ4v) is 1.85. The molecule has 0 aromatic carbocycles. The van der Waals surface area contributed by atoms with Crippen LogP contribution < -0.4 is 0 Å². The van der Waals surface area contributed by atoms with E-state index in [9.17, 15) is 4.79 Å². The van der Waals surface area contributed by atoms with E-state index in [4.69, 9.17) is 4.52 Å². The molecule has 0 saturated heterocycles. The van der Waals surface area contributed by atoms with Crippen molar-refractivity contribution >= 4 is 15.4 Å². The molecular weight excluding hydrogens is 171 g/mol. The third-order valence-electron chi connectivity index (χ3n) is 2.62. The average Bonchev–Trinajstić information content (AvgIpc) is 2.13. The van der Waals surface area contributed by atoms with Crippen LogP contribution in [0.2, 0.25) is 0 Å². The summed E-state index contributed by atoms with van der Waals surface area (Å²) in [5, 5.41) is 0. The molecule has 0 aliphatic carbocycles. The van der Waals surface area contributed by atoms with Crippen LogP contribution in [-0.4, -0.2) is 5.97 Å². The topological polar surface area (TPSA) is 26.3 Å². The summed E-state index contributed by atoms with van der Waals surface area (Å²) in [6.07, 6.45) is 3.68. The summed E-state index contributed by atoms with van der Waals surface area (Å²) in [6, 6.07) is 0. The molecule has 0 aliphatic rings. The van der Waals surface area contributed by atoms with Gasteiger partial charge in [-0.25, -0.2) is 0 Å². The second-order valence-corrected chi connectivity index (χ2v) is 3.38. The van der Waals surface area contributed by atoms with Crippen LogP contribution in [0.1, 0.15) is 46.5 Å². The summed E-state index contributed by atoms with van der Waals surface area (Å²) in [4.78, 5) is 11.4. The molecule has 0 N–H and O–H groups in total. The lowest BCUT2D eigenvalue weighted by Gasteiger charge is -2.27. The zero-order valence-electron chi connectivity index (χ0n) is 8.22. The smallest absolute Gasteiger partial charge is 0.314 e. The van der Waals surface area contributed by atoms with E-state index in [0.717, 1.165) is 25.7 Å². The Balaban J connectivity index is 4.44. The molecule has 3 heteroatoms. The van der Waals surface area contributed by atoms with Crippen LogP contribution in [0.5, 0.6) is 0 Å². The molecule has 72 valence electrons. The maximum Gasteiger partial charge on any atom is 0.314 e. The van der Waals surface area contributed by atoms with Gasteiger partial charge in [-0.3, -0.25) is 4.79 Å². The normalized spacial score (nSPS) is 11.3. The SMILES string of the molecule is CCCC(CC)(CC)C(=O)OP. The van der Waals surface area contributed by atoms with Crippen LogP contribution in [0.25, 0.3) is 0 Å². The fourth-order valence-electron chi connectivity index (χ4n) is 1.60. The molecule has 0 spiro atoms. The summed E-state index contributed by atoms with van der Waals surface area (Å²) in [5.74, 6) is -0.0839. The Morgan fingerprint density at radius 3 is 2.08 bits per heavy atom. The largest absolute Gasteiger partial charge is 0.451 e. The molecule has 0 aromatic rings. The first-order valence-corrected chi connectivity index (χ1v) is 5.05. The molecule has 0 radical (unpaired) electrons. The number of hydrogen-bond donors (Lipinski definition) is 0. The molecular formula is C9H19O2P. The first-order valence-electron chi connectivity index (χ1n) is 4.58. The molecule has 1 atom stereocenters. The van der Waals surface area contributed by atoms with Crippen molar-refractivity contribution in [3.8, 4) is 0 Å². The van der Waals surface area contributed by atoms with E-state index in [1.165, 1.54) is 0 Å². The zero-order valence-corrected chi connectivity index (χ0v) is 9.38. The van der Waals surface area contributed by atoms with Crippen molar-refractivity contribution in [1.82, 2.24) is 0 Å². The first kappa shape index (κ1) is 11.9. The lowest BCUT2D eigenvalue weighted by molar-refractivity contribution is -0.145. The van der Waals surface area contributed by atoms with Crippen molar-refractivity contribution < 1.29 is 9.32 Å². The van der Waals surface area contributed by atoms with Crippen molar-refractivity contribution in [2.24, 2.45) is 5.41 Å². The van der Waals surface area contributed by atoms with Gasteiger partial charge in [-0.05, 0) is 19.3 Å². The molecule has 0 aromatic heterocycles. The van der Waals surface area contributed by atoms with Crippen LogP contribution in [-0.2, 0) is 9.32 Å². The highest BCUT2D eigenvalue weighted by molar-refractivity contribution is 7.10. The summed E-state index contributed by atoms with van der Waals surface area (Å²) < 4.78 is 4.73. The number of hydrogen-bond acceptors (Lipinski definition) is 2.